The number of hydrogen-bond acceptors (Lipinski definition) is 2. The minimum absolute atomic E-state index is 0.454. The van der Waals surface area contributed by atoms with E-state index in [1.165, 1.54) is 90.3 Å². The van der Waals surface area contributed by atoms with Crippen molar-refractivity contribution in [3.8, 4) is 0 Å². The Morgan fingerprint density at radius 1 is 0.722 bits per heavy atom. The molecule has 0 aromatic rings. The molecule has 1 aliphatic heterocycles. The summed E-state index contributed by atoms with van der Waals surface area (Å²) in [5, 5.41) is 0. The molecule has 106 valence electrons. The number of nitrogens with two attached hydrogens (primary N) is 1. The fraction of sp³-hybridized carbons (Fsp3) is 1.00. The quantitative estimate of drug-likeness (QED) is 0.778. The van der Waals surface area contributed by atoms with Crippen LogP contribution in [0.4, 0.5) is 0 Å². The van der Waals surface area contributed by atoms with Gasteiger partial charge >= 0.3 is 0 Å². The van der Waals surface area contributed by atoms with Crippen LogP contribution in [0.1, 0.15) is 70.6 Å². The van der Waals surface area contributed by atoms with Gasteiger partial charge in [-0.1, -0.05) is 44.9 Å². The zero-order valence-electron chi connectivity index (χ0n) is 12.1. The van der Waals surface area contributed by atoms with Crippen LogP contribution < -0.4 is 5.73 Å². The van der Waals surface area contributed by atoms with Crippen LogP contribution in [0.25, 0.3) is 0 Å². The maximum Gasteiger partial charge on any atom is 0.00501 e. The van der Waals surface area contributed by atoms with Crippen LogP contribution in [0.5, 0.6) is 0 Å². The summed E-state index contributed by atoms with van der Waals surface area (Å²) < 4.78 is 0. The molecular formula is C16H32N2. The van der Waals surface area contributed by atoms with Gasteiger partial charge < -0.3 is 10.6 Å². The zero-order valence-corrected chi connectivity index (χ0v) is 12.1. The van der Waals surface area contributed by atoms with Gasteiger partial charge in [-0.15, -0.1) is 0 Å². The van der Waals surface area contributed by atoms with Gasteiger partial charge in [-0.05, 0) is 50.7 Å². The summed E-state index contributed by atoms with van der Waals surface area (Å²) in [7, 11) is 0. The molecule has 2 heteroatoms. The first-order valence-electron chi connectivity index (χ1n) is 8.27. The molecule has 2 aliphatic rings. The van der Waals surface area contributed by atoms with E-state index in [9.17, 15) is 0 Å². The highest BCUT2D eigenvalue weighted by Crippen LogP contribution is 2.35. The van der Waals surface area contributed by atoms with E-state index in [0.717, 1.165) is 6.54 Å². The highest BCUT2D eigenvalue weighted by molar-refractivity contribution is 4.86. The van der Waals surface area contributed by atoms with Gasteiger partial charge in [0.1, 0.15) is 0 Å². The lowest BCUT2D eigenvalue weighted by Gasteiger charge is -2.38. The van der Waals surface area contributed by atoms with Gasteiger partial charge in [0.05, 0.1) is 0 Å². The number of hydrogen-bond donors (Lipinski definition) is 1. The highest BCUT2D eigenvalue weighted by atomic mass is 15.1. The van der Waals surface area contributed by atoms with Gasteiger partial charge in [-0.2, -0.15) is 0 Å². The third kappa shape index (κ3) is 4.24. The van der Waals surface area contributed by atoms with E-state index in [2.05, 4.69) is 4.90 Å². The molecule has 1 aliphatic carbocycles. The molecule has 1 saturated carbocycles. The van der Waals surface area contributed by atoms with E-state index in [1.54, 1.807) is 0 Å². The summed E-state index contributed by atoms with van der Waals surface area (Å²) in [5.74, 6) is 0. The van der Waals surface area contributed by atoms with Crippen LogP contribution >= 0.6 is 0 Å². The average Bonchev–Trinajstić information content (AvgIpc) is 2.59. The predicted octanol–water partition coefficient (Wildman–Crippen LogP) is 3.55. The normalized spacial score (nSPS) is 27.2. The van der Waals surface area contributed by atoms with Crippen molar-refractivity contribution >= 4 is 0 Å². The summed E-state index contributed by atoms with van der Waals surface area (Å²) in [4.78, 5) is 2.73. The summed E-state index contributed by atoms with van der Waals surface area (Å²) >= 11 is 0. The molecule has 1 heterocycles. The maximum atomic E-state index is 6.17. The Kier molecular flexibility index (Phi) is 5.97. The molecule has 0 aromatic heterocycles. The topological polar surface area (TPSA) is 29.3 Å². The fourth-order valence-electron chi connectivity index (χ4n) is 3.85. The minimum atomic E-state index is 0.454. The van der Waals surface area contributed by atoms with Crippen molar-refractivity contribution in [2.24, 2.45) is 11.1 Å². The average molecular weight is 252 g/mol. The first-order chi connectivity index (χ1) is 8.85. The molecule has 0 amide bonds. The Labute approximate surface area is 113 Å². The summed E-state index contributed by atoms with van der Waals surface area (Å²) in [6.07, 6.45) is 15.6. The third-order valence-electron chi connectivity index (χ3n) is 5.10. The van der Waals surface area contributed by atoms with Crippen molar-refractivity contribution in [3.63, 3.8) is 0 Å². The standard InChI is InChI=1S/C16H32N2/c17-14-16(10-6-2-3-7-11-16)15-18-12-8-4-1-5-9-13-18/h1-15,17H2. The van der Waals surface area contributed by atoms with Crippen LogP contribution in [0.15, 0.2) is 0 Å². The largest absolute Gasteiger partial charge is 0.330 e. The van der Waals surface area contributed by atoms with Crippen molar-refractivity contribution in [3.05, 3.63) is 0 Å². The zero-order chi connectivity index (χ0) is 12.7. The van der Waals surface area contributed by atoms with Crippen molar-refractivity contribution in [1.82, 2.24) is 4.90 Å². The second-order valence-corrected chi connectivity index (χ2v) is 6.66. The molecule has 0 radical (unpaired) electrons. The highest BCUT2D eigenvalue weighted by Gasteiger charge is 2.31. The first-order valence-corrected chi connectivity index (χ1v) is 8.27. The molecule has 0 bridgehead atoms. The van der Waals surface area contributed by atoms with Crippen LogP contribution in [0.2, 0.25) is 0 Å². The van der Waals surface area contributed by atoms with Crippen molar-refractivity contribution in [2.75, 3.05) is 26.2 Å². The van der Waals surface area contributed by atoms with Gasteiger partial charge in [0.25, 0.3) is 0 Å². The van der Waals surface area contributed by atoms with Gasteiger partial charge in [0, 0.05) is 6.54 Å². The minimum Gasteiger partial charge on any atom is -0.330 e. The molecule has 0 atom stereocenters. The monoisotopic (exact) mass is 252 g/mol. The van der Waals surface area contributed by atoms with E-state index >= 15 is 0 Å². The molecule has 0 spiro atoms. The fourth-order valence-corrected chi connectivity index (χ4v) is 3.85. The van der Waals surface area contributed by atoms with Crippen LogP contribution in [0, 0.1) is 5.41 Å². The summed E-state index contributed by atoms with van der Waals surface area (Å²) in [6.45, 7) is 4.83. The lowest BCUT2D eigenvalue weighted by Crippen LogP contribution is -2.43. The molecule has 0 aromatic carbocycles. The molecule has 2 nitrogen and oxygen atoms in total. The van der Waals surface area contributed by atoms with E-state index < -0.39 is 0 Å². The Balaban J connectivity index is 1.90. The third-order valence-corrected chi connectivity index (χ3v) is 5.10. The van der Waals surface area contributed by atoms with Gasteiger partial charge in [-0.3, -0.25) is 0 Å². The van der Waals surface area contributed by atoms with Crippen LogP contribution in [-0.4, -0.2) is 31.1 Å². The van der Waals surface area contributed by atoms with Crippen molar-refractivity contribution in [2.45, 2.75) is 70.6 Å². The summed E-state index contributed by atoms with van der Waals surface area (Å²) in [5.41, 5.74) is 6.62. The molecule has 1 saturated heterocycles. The summed E-state index contributed by atoms with van der Waals surface area (Å²) in [6, 6.07) is 0. The maximum absolute atomic E-state index is 6.17. The second-order valence-electron chi connectivity index (χ2n) is 6.66. The van der Waals surface area contributed by atoms with E-state index in [4.69, 9.17) is 5.73 Å². The lowest BCUT2D eigenvalue weighted by molar-refractivity contribution is 0.128. The van der Waals surface area contributed by atoms with Crippen LogP contribution in [0.3, 0.4) is 0 Å². The molecule has 18 heavy (non-hydrogen) atoms. The second kappa shape index (κ2) is 7.49. The van der Waals surface area contributed by atoms with Crippen molar-refractivity contribution in [1.29, 1.82) is 0 Å². The molecule has 2 N–H and O–H groups in total. The number of nitrogens with zero attached hydrogens (tertiary/aromatic N) is 1. The van der Waals surface area contributed by atoms with Gasteiger partial charge in [0.15, 0.2) is 0 Å². The smallest absolute Gasteiger partial charge is 0.00501 e. The van der Waals surface area contributed by atoms with Crippen LogP contribution in [-0.2, 0) is 0 Å². The van der Waals surface area contributed by atoms with E-state index in [0.29, 0.717) is 5.41 Å². The predicted molar refractivity (Wildman–Crippen MR) is 78.7 cm³/mol. The van der Waals surface area contributed by atoms with Crippen molar-refractivity contribution < 1.29 is 0 Å². The number of likely N-dealkylation sites (tertiary alicyclic amines) is 1. The molecule has 0 unspecified atom stereocenters. The van der Waals surface area contributed by atoms with E-state index in [-0.39, 0.29) is 0 Å². The Hall–Kier alpha value is -0.0800. The Bertz CT molecular complexity index is 211. The van der Waals surface area contributed by atoms with Gasteiger partial charge in [0.2, 0.25) is 0 Å². The van der Waals surface area contributed by atoms with E-state index in [1.807, 2.05) is 0 Å². The molecule has 2 rings (SSSR count). The number of rotatable bonds is 3. The lowest BCUT2D eigenvalue weighted by atomic mass is 9.79. The Morgan fingerprint density at radius 3 is 1.78 bits per heavy atom. The molecule has 2 fully saturated rings. The SMILES string of the molecule is NCC1(CN2CCCCCCC2)CCCCCC1. The Morgan fingerprint density at radius 2 is 1.22 bits per heavy atom. The first kappa shape index (κ1) is 14.3. The molecular weight excluding hydrogens is 220 g/mol. The van der Waals surface area contributed by atoms with Gasteiger partial charge in [-0.25, -0.2) is 0 Å².